The van der Waals surface area contributed by atoms with Crippen LogP contribution < -0.4 is 10.2 Å². The van der Waals surface area contributed by atoms with Crippen molar-refractivity contribution < 1.29 is 4.79 Å². The Balaban J connectivity index is 2.15. The van der Waals surface area contributed by atoms with Crippen molar-refractivity contribution in [1.29, 1.82) is 0 Å². The number of imidazole rings is 1. The van der Waals surface area contributed by atoms with Crippen LogP contribution in [0.3, 0.4) is 0 Å². The number of piperazine rings is 1. The third-order valence-electron chi connectivity index (χ3n) is 3.95. The smallest absolute Gasteiger partial charge is 0.247 e. The molecule has 21 heavy (non-hydrogen) atoms. The molecule has 1 saturated heterocycles. The molecule has 0 atom stereocenters. The lowest BCUT2D eigenvalue weighted by Gasteiger charge is -2.45. The van der Waals surface area contributed by atoms with Crippen LogP contribution in [-0.2, 0) is 4.79 Å². The second kappa shape index (κ2) is 4.57. The first kappa shape index (κ1) is 13.6. The summed E-state index contributed by atoms with van der Waals surface area (Å²) in [5.74, 6) is 1.27. The summed E-state index contributed by atoms with van der Waals surface area (Å²) in [5.41, 5.74) is 0.677. The summed E-state index contributed by atoms with van der Waals surface area (Å²) in [6.45, 7) is 5.20. The summed E-state index contributed by atoms with van der Waals surface area (Å²) in [7, 11) is 3.59. The molecule has 1 aliphatic heterocycles. The van der Waals surface area contributed by atoms with Gasteiger partial charge in [0.25, 0.3) is 0 Å². The first-order valence-electron chi connectivity index (χ1n) is 6.87. The maximum absolute atomic E-state index is 12.5. The third kappa shape index (κ3) is 1.98. The van der Waals surface area contributed by atoms with Crippen LogP contribution in [0, 0.1) is 0 Å². The molecular formula is C13H19N7O. The van der Waals surface area contributed by atoms with Crippen molar-refractivity contribution >= 4 is 28.8 Å². The van der Waals surface area contributed by atoms with Crippen LogP contribution >= 0.6 is 0 Å². The largest absolute Gasteiger partial charge is 0.357 e. The molecule has 0 aliphatic carbocycles. The highest BCUT2D eigenvalue weighted by Gasteiger charge is 2.42. The van der Waals surface area contributed by atoms with Gasteiger partial charge in [-0.3, -0.25) is 4.79 Å². The number of aromatic nitrogens is 4. The Hall–Kier alpha value is -2.38. The third-order valence-corrected chi connectivity index (χ3v) is 3.95. The van der Waals surface area contributed by atoms with Gasteiger partial charge >= 0.3 is 0 Å². The van der Waals surface area contributed by atoms with Crippen molar-refractivity contribution in [2.45, 2.75) is 19.4 Å². The Morgan fingerprint density at radius 2 is 2.10 bits per heavy atom. The maximum Gasteiger partial charge on any atom is 0.247 e. The van der Waals surface area contributed by atoms with Crippen LogP contribution in [0.5, 0.6) is 0 Å². The van der Waals surface area contributed by atoms with E-state index in [0.717, 1.165) is 5.52 Å². The second-order valence-corrected chi connectivity index (χ2v) is 5.66. The van der Waals surface area contributed by atoms with Crippen LogP contribution in [0.25, 0.3) is 11.2 Å². The Bertz CT molecular complexity index is 693. The highest BCUT2D eigenvalue weighted by Crippen LogP contribution is 2.31. The van der Waals surface area contributed by atoms with Crippen molar-refractivity contribution in [2.75, 3.05) is 37.4 Å². The summed E-state index contributed by atoms with van der Waals surface area (Å²) in [6.07, 6.45) is 1.59. The summed E-state index contributed by atoms with van der Waals surface area (Å²) in [6, 6.07) is 0. The molecule has 3 heterocycles. The van der Waals surface area contributed by atoms with E-state index < -0.39 is 5.54 Å². The van der Waals surface area contributed by atoms with Crippen LogP contribution in [0.15, 0.2) is 6.33 Å². The van der Waals surface area contributed by atoms with E-state index in [1.807, 2.05) is 25.8 Å². The molecule has 1 fully saturated rings. The van der Waals surface area contributed by atoms with Crippen molar-refractivity contribution in [3.63, 3.8) is 0 Å². The van der Waals surface area contributed by atoms with Crippen molar-refractivity contribution in [3.8, 4) is 0 Å². The molecule has 8 nitrogen and oxygen atoms in total. The average Bonchev–Trinajstić information content (AvgIpc) is 2.92. The molecule has 0 radical (unpaired) electrons. The Morgan fingerprint density at radius 1 is 1.33 bits per heavy atom. The van der Waals surface area contributed by atoms with Gasteiger partial charge in [-0.2, -0.15) is 9.97 Å². The van der Waals surface area contributed by atoms with Gasteiger partial charge < -0.3 is 20.1 Å². The normalized spacial score (nSPS) is 18.4. The number of aromatic amines is 1. The predicted octanol–water partition coefficient (Wildman–Crippen LogP) is 0.452. The lowest BCUT2D eigenvalue weighted by atomic mass is 9.97. The number of carbonyl (C=O) groups is 1. The average molecular weight is 289 g/mol. The molecule has 0 bridgehead atoms. The van der Waals surface area contributed by atoms with Crippen LogP contribution in [0.2, 0.25) is 0 Å². The number of H-pyrrole nitrogens is 1. The van der Waals surface area contributed by atoms with Crippen LogP contribution in [0.4, 0.5) is 11.8 Å². The van der Waals surface area contributed by atoms with Gasteiger partial charge in [-0.15, -0.1) is 0 Å². The summed E-state index contributed by atoms with van der Waals surface area (Å²) in [4.78, 5) is 32.3. The Kier molecular flexibility index (Phi) is 2.96. The summed E-state index contributed by atoms with van der Waals surface area (Å²) >= 11 is 0. The van der Waals surface area contributed by atoms with Crippen molar-refractivity contribution in [3.05, 3.63) is 6.33 Å². The standard InChI is InChI=1S/C13H19N7O/c1-13(2)11(21)19(4)5-6-20(13)10-8-9(16-7-15-8)17-12(14-3)18-10/h7H,5-6H2,1-4H3,(H2,14,15,16,17,18). The number of nitrogens with one attached hydrogen (secondary N) is 2. The van der Waals surface area contributed by atoms with Gasteiger partial charge in [0.15, 0.2) is 11.5 Å². The van der Waals surface area contributed by atoms with Gasteiger partial charge in [0, 0.05) is 27.2 Å². The molecule has 0 saturated carbocycles. The van der Waals surface area contributed by atoms with E-state index in [-0.39, 0.29) is 5.91 Å². The maximum atomic E-state index is 12.5. The minimum absolute atomic E-state index is 0.0750. The first-order chi connectivity index (χ1) is 9.95. The van der Waals surface area contributed by atoms with E-state index in [4.69, 9.17) is 0 Å². The molecule has 3 rings (SSSR count). The van der Waals surface area contributed by atoms with E-state index in [1.165, 1.54) is 0 Å². The van der Waals surface area contributed by atoms with E-state index in [1.54, 1.807) is 18.3 Å². The highest BCUT2D eigenvalue weighted by molar-refractivity contribution is 5.93. The molecule has 0 spiro atoms. The number of hydrogen-bond donors (Lipinski definition) is 2. The lowest BCUT2D eigenvalue weighted by Crippen LogP contribution is -2.62. The Labute approximate surface area is 122 Å². The SMILES string of the molecule is CNc1nc(N2CCN(C)C(=O)C2(C)C)c2[nH]cnc2n1. The molecule has 0 unspecified atom stereocenters. The fourth-order valence-electron chi connectivity index (χ4n) is 2.71. The van der Waals surface area contributed by atoms with Gasteiger partial charge in [-0.25, -0.2) is 4.98 Å². The topological polar surface area (TPSA) is 90.0 Å². The molecular weight excluding hydrogens is 270 g/mol. The Morgan fingerprint density at radius 3 is 2.81 bits per heavy atom. The summed E-state index contributed by atoms with van der Waals surface area (Å²) in [5, 5.41) is 2.94. The molecule has 8 heteroatoms. The summed E-state index contributed by atoms with van der Waals surface area (Å²) < 4.78 is 0. The van der Waals surface area contributed by atoms with Crippen molar-refractivity contribution in [2.24, 2.45) is 0 Å². The van der Waals surface area contributed by atoms with E-state index in [0.29, 0.717) is 30.5 Å². The van der Waals surface area contributed by atoms with E-state index in [2.05, 4.69) is 25.3 Å². The first-order valence-corrected chi connectivity index (χ1v) is 6.87. The number of likely N-dealkylation sites (N-methyl/N-ethyl adjacent to an activating group) is 1. The van der Waals surface area contributed by atoms with Gasteiger partial charge in [-0.05, 0) is 13.8 Å². The van der Waals surface area contributed by atoms with Crippen LogP contribution in [0.1, 0.15) is 13.8 Å². The van der Waals surface area contributed by atoms with Gasteiger partial charge in [0.2, 0.25) is 11.9 Å². The number of nitrogens with zero attached hydrogens (tertiary/aromatic N) is 5. The molecule has 1 amide bonds. The molecule has 2 aromatic heterocycles. The lowest BCUT2D eigenvalue weighted by molar-refractivity contribution is -0.136. The van der Waals surface area contributed by atoms with E-state index in [9.17, 15) is 4.79 Å². The predicted molar refractivity (Wildman–Crippen MR) is 80.3 cm³/mol. The van der Waals surface area contributed by atoms with Gasteiger partial charge in [0.1, 0.15) is 11.1 Å². The zero-order valence-electron chi connectivity index (χ0n) is 12.6. The second-order valence-electron chi connectivity index (χ2n) is 5.66. The molecule has 2 aromatic rings. The highest BCUT2D eigenvalue weighted by atomic mass is 16.2. The van der Waals surface area contributed by atoms with Crippen LogP contribution in [-0.4, -0.2) is 63.5 Å². The molecule has 2 N–H and O–H groups in total. The van der Waals surface area contributed by atoms with E-state index >= 15 is 0 Å². The number of hydrogen-bond acceptors (Lipinski definition) is 6. The number of carbonyl (C=O) groups excluding carboxylic acids is 1. The number of amides is 1. The van der Waals surface area contributed by atoms with Gasteiger partial charge in [-0.1, -0.05) is 0 Å². The number of rotatable bonds is 2. The fraction of sp³-hybridized carbons (Fsp3) is 0.538. The zero-order chi connectivity index (χ0) is 15.2. The zero-order valence-corrected chi connectivity index (χ0v) is 12.6. The minimum Gasteiger partial charge on any atom is -0.357 e. The monoisotopic (exact) mass is 289 g/mol. The fourth-order valence-corrected chi connectivity index (χ4v) is 2.71. The molecule has 112 valence electrons. The van der Waals surface area contributed by atoms with Gasteiger partial charge in [0.05, 0.1) is 6.33 Å². The minimum atomic E-state index is -0.662. The number of fused-ring (bicyclic) bond motifs is 1. The molecule has 1 aliphatic rings. The van der Waals surface area contributed by atoms with Crippen molar-refractivity contribution in [1.82, 2.24) is 24.8 Å². The molecule has 0 aromatic carbocycles. The quantitative estimate of drug-likeness (QED) is 0.834. The number of anilines is 2.